The Morgan fingerprint density at radius 3 is 2.16 bits per heavy atom. The minimum absolute atomic E-state index is 0.179. The molecular formula is C51H40N4O. The van der Waals surface area contributed by atoms with Gasteiger partial charge in [-0.15, -0.1) is 0 Å². The van der Waals surface area contributed by atoms with Gasteiger partial charge >= 0.3 is 0 Å². The lowest BCUT2D eigenvalue weighted by Crippen LogP contribution is -2.17. The van der Waals surface area contributed by atoms with Crippen LogP contribution in [0.4, 0.5) is 11.4 Å². The number of hydrogen-bond donors (Lipinski definition) is 1. The molecule has 0 spiro atoms. The molecule has 0 aliphatic heterocycles. The number of fused-ring (bicyclic) bond motifs is 3. The van der Waals surface area contributed by atoms with E-state index >= 15 is 0 Å². The van der Waals surface area contributed by atoms with Gasteiger partial charge in [0.1, 0.15) is 11.6 Å². The van der Waals surface area contributed by atoms with Crippen molar-refractivity contribution in [3.05, 3.63) is 218 Å². The number of benzene rings is 5. The van der Waals surface area contributed by atoms with E-state index in [1.54, 1.807) is 18.4 Å². The van der Waals surface area contributed by atoms with Gasteiger partial charge < -0.3 is 18.9 Å². The monoisotopic (exact) mass is 724 g/mol. The molecular weight excluding hydrogens is 685 g/mol. The molecule has 56 heavy (non-hydrogen) atoms. The van der Waals surface area contributed by atoms with Gasteiger partial charge in [0.25, 0.3) is 0 Å². The van der Waals surface area contributed by atoms with Crippen LogP contribution in [-0.4, -0.2) is 14.5 Å². The number of anilines is 2. The van der Waals surface area contributed by atoms with E-state index in [9.17, 15) is 0 Å². The SMILES string of the molecule is C=C/C=C\c1coc(-c2ccc(N(C3=CC[C@@H](c4c[nH]c(/C=C\C=C)n4)C=C3)c3ccc(-c4ccc5c(c4)c4ccccc4n5-c4ccccc4)cc3)cc2)c1. The predicted molar refractivity (Wildman–Crippen MR) is 234 cm³/mol. The van der Waals surface area contributed by atoms with Crippen LogP contribution in [0.5, 0.6) is 0 Å². The highest BCUT2D eigenvalue weighted by atomic mass is 16.3. The molecule has 0 amide bonds. The van der Waals surface area contributed by atoms with E-state index in [1.165, 1.54) is 27.4 Å². The molecule has 5 nitrogen and oxygen atoms in total. The summed E-state index contributed by atoms with van der Waals surface area (Å²) < 4.78 is 8.27. The molecule has 1 N–H and O–H groups in total. The fourth-order valence-electron chi connectivity index (χ4n) is 7.58. The second-order valence-electron chi connectivity index (χ2n) is 13.8. The van der Waals surface area contributed by atoms with Gasteiger partial charge in [-0.3, -0.25) is 0 Å². The second-order valence-corrected chi connectivity index (χ2v) is 13.8. The second kappa shape index (κ2) is 15.2. The molecule has 9 rings (SSSR count). The van der Waals surface area contributed by atoms with E-state index in [2.05, 4.69) is 167 Å². The molecule has 3 aromatic heterocycles. The molecule has 8 aromatic rings. The summed E-state index contributed by atoms with van der Waals surface area (Å²) >= 11 is 0. The third-order valence-corrected chi connectivity index (χ3v) is 10.3. The molecule has 1 atom stereocenters. The fourth-order valence-corrected chi connectivity index (χ4v) is 7.58. The van der Waals surface area contributed by atoms with Gasteiger partial charge in [0, 0.05) is 56.8 Å². The first kappa shape index (κ1) is 34.4. The van der Waals surface area contributed by atoms with E-state index < -0.39 is 0 Å². The molecule has 5 aromatic carbocycles. The largest absolute Gasteiger partial charge is 0.464 e. The summed E-state index contributed by atoms with van der Waals surface area (Å²) in [5, 5.41) is 2.48. The van der Waals surface area contributed by atoms with Crippen LogP contribution < -0.4 is 4.90 Å². The molecule has 0 fully saturated rings. The number of aromatic amines is 1. The lowest BCUT2D eigenvalue weighted by Gasteiger charge is -2.29. The van der Waals surface area contributed by atoms with Gasteiger partial charge in [0.15, 0.2) is 0 Å². The first-order chi connectivity index (χ1) is 27.7. The number of hydrogen-bond acceptors (Lipinski definition) is 3. The molecule has 0 saturated carbocycles. The minimum Gasteiger partial charge on any atom is -0.464 e. The van der Waals surface area contributed by atoms with Crippen molar-refractivity contribution in [2.24, 2.45) is 0 Å². The van der Waals surface area contributed by atoms with Crippen molar-refractivity contribution in [3.63, 3.8) is 0 Å². The summed E-state index contributed by atoms with van der Waals surface area (Å²) in [5.74, 6) is 1.82. The Morgan fingerprint density at radius 2 is 1.41 bits per heavy atom. The number of nitrogens with zero attached hydrogens (tertiary/aromatic N) is 3. The number of nitrogens with one attached hydrogen (secondary N) is 1. The third kappa shape index (κ3) is 6.67. The maximum atomic E-state index is 5.92. The normalized spacial score (nSPS) is 14.2. The van der Waals surface area contributed by atoms with Gasteiger partial charge in [-0.2, -0.15) is 0 Å². The van der Waals surface area contributed by atoms with E-state index in [0.29, 0.717) is 0 Å². The molecule has 0 unspecified atom stereocenters. The molecule has 1 aliphatic carbocycles. The minimum atomic E-state index is 0.179. The summed E-state index contributed by atoms with van der Waals surface area (Å²) in [6.07, 6.45) is 22.6. The molecule has 0 saturated heterocycles. The van der Waals surface area contributed by atoms with Gasteiger partial charge in [0.2, 0.25) is 0 Å². The lowest BCUT2D eigenvalue weighted by molar-refractivity contribution is 0.582. The van der Waals surface area contributed by atoms with Crippen LogP contribution in [0.15, 0.2) is 206 Å². The molecule has 0 bridgehead atoms. The zero-order valence-electron chi connectivity index (χ0n) is 30.9. The van der Waals surface area contributed by atoms with Crippen molar-refractivity contribution in [3.8, 4) is 28.1 Å². The maximum absolute atomic E-state index is 5.92. The van der Waals surface area contributed by atoms with Gasteiger partial charge in [-0.05, 0) is 102 Å². The highest BCUT2D eigenvalue weighted by Gasteiger charge is 2.20. The van der Waals surface area contributed by atoms with E-state index in [-0.39, 0.29) is 5.92 Å². The van der Waals surface area contributed by atoms with E-state index in [0.717, 1.165) is 63.1 Å². The van der Waals surface area contributed by atoms with Crippen molar-refractivity contribution in [2.75, 3.05) is 4.90 Å². The zero-order chi connectivity index (χ0) is 37.8. The molecule has 270 valence electrons. The highest BCUT2D eigenvalue weighted by Crippen LogP contribution is 2.39. The van der Waals surface area contributed by atoms with Crippen LogP contribution in [0.3, 0.4) is 0 Å². The number of para-hydroxylation sites is 2. The number of imidazole rings is 1. The van der Waals surface area contributed by atoms with E-state index in [1.807, 2.05) is 36.6 Å². The molecule has 3 heterocycles. The average molecular weight is 725 g/mol. The van der Waals surface area contributed by atoms with Gasteiger partial charge in [0.05, 0.1) is 23.0 Å². The molecule has 1 aliphatic rings. The van der Waals surface area contributed by atoms with Crippen LogP contribution in [0.1, 0.15) is 29.4 Å². The number of H-pyrrole nitrogens is 1. The Hall–Kier alpha value is -7.37. The summed E-state index contributed by atoms with van der Waals surface area (Å²) in [6.45, 7) is 7.54. The van der Waals surface area contributed by atoms with Crippen molar-refractivity contribution in [1.82, 2.24) is 14.5 Å². The van der Waals surface area contributed by atoms with Crippen molar-refractivity contribution in [1.29, 1.82) is 0 Å². The standard InChI is InChI=1S/C51H40N4O/c1-3-5-12-36-32-50(56-35-36)39-22-29-44(30-23-39)54(43-27-20-38(21-28-43)47-34-52-51(53-47)17-6-4-2)42-25-18-37(19-26-42)40-24-31-49-46(33-40)45-15-10-11-16-48(45)55(49)41-13-8-7-9-14-41/h3-20,22-35,38H,1-2,21H2,(H,52,53)/b12-5-,17-6-/t38-/m0/s1. The van der Waals surface area contributed by atoms with Gasteiger partial charge in [-0.25, -0.2) is 4.98 Å². The summed E-state index contributed by atoms with van der Waals surface area (Å²) in [4.78, 5) is 10.4. The Bertz CT molecular complexity index is 2810. The lowest BCUT2D eigenvalue weighted by atomic mass is 9.95. The first-order valence-corrected chi connectivity index (χ1v) is 18.9. The Balaban J connectivity index is 1.05. The Morgan fingerprint density at radius 1 is 0.714 bits per heavy atom. The van der Waals surface area contributed by atoms with Crippen LogP contribution in [0.25, 0.3) is 62.1 Å². The van der Waals surface area contributed by atoms with Crippen molar-refractivity contribution in [2.45, 2.75) is 12.3 Å². The summed E-state index contributed by atoms with van der Waals surface area (Å²) in [5.41, 5.74) is 12.2. The molecule has 5 heteroatoms. The average Bonchev–Trinajstić information content (AvgIpc) is 4.01. The quantitative estimate of drug-likeness (QED) is 0.135. The van der Waals surface area contributed by atoms with Gasteiger partial charge in [-0.1, -0.05) is 110 Å². The summed E-state index contributed by atoms with van der Waals surface area (Å²) in [7, 11) is 0. The number of furan rings is 1. The highest BCUT2D eigenvalue weighted by molar-refractivity contribution is 6.10. The number of rotatable bonds is 11. The third-order valence-electron chi connectivity index (χ3n) is 10.3. The Kier molecular flexibility index (Phi) is 9.32. The van der Waals surface area contributed by atoms with Crippen LogP contribution in [-0.2, 0) is 0 Å². The number of aromatic nitrogens is 3. The summed E-state index contributed by atoms with van der Waals surface area (Å²) in [6, 6.07) is 45.6. The Labute approximate surface area is 326 Å². The maximum Gasteiger partial charge on any atom is 0.134 e. The van der Waals surface area contributed by atoms with Crippen molar-refractivity contribution < 1.29 is 4.42 Å². The fraction of sp³-hybridized carbons (Fsp3) is 0.0392. The zero-order valence-corrected chi connectivity index (χ0v) is 30.9. The smallest absolute Gasteiger partial charge is 0.134 e. The number of allylic oxidation sites excluding steroid dienone is 7. The van der Waals surface area contributed by atoms with Crippen LogP contribution in [0.2, 0.25) is 0 Å². The first-order valence-electron chi connectivity index (χ1n) is 18.9. The molecule has 0 radical (unpaired) electrons. The van der Waals surface area contributed by atoms with Crippen LogP contribution >= 0.6 is 0 Å². The van der Waals surface area contributed by atoms with E-state index in [4.69, 9.17) is 9.40 Å². The van der Waals surface area contributed by atoms with Crippen molar-refractivity contribution >= 4 is 45.3 Å². The predicted octanol–water partition coefficient (Wildman–Crippen LogP) is 13.6. The topological polar surface area (TPSA) is 50.0 Å². The van der Waals surface area contributed by atoms with Crippen LogP contribution in [0, 0.1) is 0 Å².